The first-order chi connectivity index (χ1) is 12.6. The highest BCUT2D eigenvalue weighted by Gasteiger charge is 2.28. The minimum atomic E-state index is -0.106. The summed E-state index contributed by atoms with van der Waals surface area (Å²) in [5.74, 6) is 0.957. The highest BCUT2D eigenvalue weighted by atomic mass is 16.5. The number of pyridine rings is 1. The van der Waals surface area contributed by atoms with Crippen molar-refractivity contribution in [2.75, 3.05) is 13.2 Å². The van der Waals surface area contributed by atoms with Crippen molar-refractivity contribution >= 4 is 17.0 Å². The number of aromatic nitrogens is 2. The van der Waals surface area contributed by atoms with Crippen LogP contribution in [-0.4, -0.2) is 35.3 Å². The van der Waals surface area contributed by atoms with Crippen LogP contribution in [0.5, 0.6) is 0 Å². The summed E-state index contributed by atoms with van der Waals surface area (Å²) in [6, 6.07) is 1.91. The van der Waals surface area contributed by atoms with E-state index in [0.717, 1.165) is 25.0 Å². The molecule has 4 rings (SSSR count). The number of amides is 1. The number of ether oxygens (including phenoxy) is 1. The van der Waals surface area contributed by atoms with Gasteiger partial charge in [-0.1, -0.05) is 24.9 Å². The number of nitrogens with zero attached hydrogens (tertiary/aromatic N) is 2. The summed E-state index contributed by atoms with van der Waals surface area (Å²) in [6.45, 7) is 5.15. The topological polar surface area (TPSA) is 77.2 Å². The van der Waals surface area contributed by atoms with E-state index >= 15 is 0 Å². The van der Waals surface area contributed by atoms with Crippen LogP contribution in [0.15, 0.2) is 10.6 Å². The molecule has 2 aromatic heterocycles. The minimum Gasteiger partial charge on any atom is -0.376 e. The first kappa shape index (κ1) is 17.5. The Kier molecular flexibility index (Phi) is 4.94. The predicted octanol–water partition coefficient (Wildman–Crippen LogP) is 3.73. The Morgan fingerprint density at radius 1 is 1.31 bits per heavy atom. The lowest BCUT2D eigenvalue weighted by Gasteiger charge is -2.28. The largest absolute Gasteiger partial charge is 0.376 e. The van der Waals surface area contributed by atoms with Gasteiger partial charge in [0.05, 0.1) is 29.4 Å². The molecule has 1 amide bonds. The maximum Gasteiger partial charge on any atom is 0.259 e. The Morgan fingerprint density at radius 3 is 2.88 bits per heavy atom. The highest BCUT2D eigenvalue weighted by Crippen LogP contribution is 2.40. The molecule has 0 spiro atoms. The summed E-state index contributed by atoms with van der Waals surface area (Å²) in [5, 5.41) is 7.69. The molecule has 2 heterocycles. The van der Waals surface area contributed by atoms with Gasteiger partial charge in [-0.2, -0.15) is 0 Å². The number of fused-ring (bicyclic) bond motifs is 1. The van der Waals surface area contributed by atoms with E-state index in [1.54, 1.807) is 0 Å². The van der Waals surface area contributed by atoms with Crippen molar-refractivity contribution in [2.24, 2.45) is 5.92 Å². The third-order valence-electron chi connectivity index (χ3n) is 5.63. The average Bonchev–Trinajstić information content (AvgIpc) is 3.43. The molecular weight excluding hydrogens is 330 g/mol. The Morgan fingerprint density at radius 2 is 2.12 bits per heavy atom. The minimum absolute atomic E-state index is 0.106. The molecule has 2 atom stereocenters. The van der Waals surface area contributed by atoms with Gasteiger partial charge in [0.25, 0.3) is 11.6 Å². The van der Waals surface area contributed by atoms with Gasteiger partial charge in [0, 0.05) is 18.2 Å². The van der Waals surface area contributed by atoms with Gasteiger partial charge in [-0.3, -0.25) is 4.79 Å². The summed E-state index contributed by atoms with van der Waals surface area (Å²) < 4.78 is 11.3. The van der Waals surface area contributed by atoms with E-state index in [1.807, 2.05) is 13.0 Å². The molecular formula is C20H27N3O3. The fraction of sp³-hybridized carbons (Fsp3) is 0.650. The number of aryl methyl sites for hydroxylation is 1. The van der Waals surface area contributed by atoms with E-state index in [0.29, 0.717) is 53.4 Å². The van der Waals surface area contributed by atoms with Gasteiger partial charge in [0.1, 0.15) is 0 Å². The second-order valence-electron chi connectivity index (χ2n) is 7.74. The molecule has 2 aliphatic carbocycles. The van der Waals surface area contributed by atoms with Crippen LogP contribution in [0.1, 0.15) is 73.1 Å². The first-order valence-electron chi connectivity index (χ1n) is 9.80. The van der Waals surface area contributed by atoms with Gasteiger partial charge in [0.15, 0.2) is 0 Å². The van der Waals surface area contributed by atoms with Crippen LogP contribution in [-0.2, 0) is 4.74 Å². The van der Waals surface area contributed by atoms with Crippen molar-refractivity contribution in [3.63, 3.8) is 0 Å². The number of rotatable bonds is 6. The number of nitrogens with one attached hydrogen (secondary N) is 1. The number of carbonyl (C=O) groups is 1. The average molecular weight is 357 g/mol. The van der Waals surface area contributed by atoms with Crippen LogP contribution in [0, 0.1) is 12.8 Å². The summed E-state index contributed by atoms with van der Waals surface area (Å²) in [6.07, 6.45) is 7.49. The lowest BCUT2D eigenvalue weighted by atomic mass is 9.88. The molecule has 0 aliphatic heterocycles. The van der Waals surface area contributed by atoms with Crippen LogP contribution in [0.4, 0.5) is 0 Å². The normalized spacial score (nSPS) is 23.3. The molecule has 2 aliphatic rings. The zero-order valence-electron chi connectivity index (χ0n) is 15.6. The lowest BCUT2D eigenvalue weighted by molar-refractivity contribution is -0.00293. The van der Waals surface area contributed by atoms with Crippen molar-refractivity contribution in [2.45, 2.75) is 64.4 Å². The van der Waals surface area contributed by atoms with E-state index in [1.165, 1.54) is 19.3 Å². The SMILES string of the molecule is Cc1noc2nc(C3CC3)cc(C(=O)NCCO[C@H]3CCCC[C@@H]3C)c12. The number of hydrogen-bond donors (Lipinski definition) is 1. The lowest BCUT2D eigenvalue weighted by Crippen LogP contribution is -2.32. The van der Waals surface area contributed by atoms with Gasteiger partial charge in [-0.05, 0) is 44.6 Å². The Balaban J connectivity index is 1.40. The predicted molar refractivity (Wildman–Crippen MR) is 98.2 cm³/mol. The first-order valence-corrected chi connectivity index (χ1v) is 9.80. The maximum atomic E-state index is 12.8. The molecule has 1 N–H and O–H groups in total. The molecule has 2 fully saturated rings. The van der Waals surface area contributed by atoms with E-state index in [4.69, 9.17) is 9.26 Å². The van der Waals surface area contributed by atoms with E-state index in [2.05, 4.69) is 22.4 Å². The molecule has 0 unspecified atom stereocenters. The third kappa shape index (κ3) is 3.61. The van der Waals surface area contributed by atoms with Crippen molar-refractivity contribution in [1.82, 2.24) is 15.5 Å². The van der Waals surface area contributed by atoms with Gasteiger partial charge in [0.2, 0.25) is 0 Å². The van der Waals surface area contributed by atoms with Crippen LogP contribution in [0.3, 0.4) is 0 Å². The summed E-state index contributed by atoms with van der Waals surface area (Å²) in [4.78, 5) is 17.3. The molecule has 0 radical (unpaired) electrons. The van der Waals surface area contributed by atoms with Gasteiger partial charge in [-0.25, -0.2) is 4.98 Å². The van der Waals surface area contributed by atoms with Gasteiger partial charge in [-0.15, -0.1) is 0 Å². The van der Waals surface area contributed by atoms with Crippen molar-refractivity contribution in [3.05, 3.63) is 23.0 Å². The van der Waals surface area contributed by atoms with Gasteiger partial charge < -0.3 is 14.6 Å². The number of hydrogen-bond acceptors (Lipinski definition) is 5. The van der Waals surface area contributed by atoms with Crippen molar-refractivity contribution in [3.8, 4) is 0 Å². The summed E-state index contributed by atoms with van der Waals surface area (Å²) >= 11 is 0. The maximum absolute atomic E-state index is 12.8. The molecule has 2 aromatic rings. The molecule has 6 heteroatoms. The Labute approximate surface area is 153 Å². The van der Waals surface area contributed by atoms with E-state index < -0.39 is 0 Å². The smallest absolute Gasteiger partial charge is 0.259 e. The zero-order valence-corrected chi connectivity index (χ0v) is 15.6. The molecule has 26 heavy (non-hydrogen) atoms. The summed E-state index contributed by atoms with van der Waals surface area (Å²) in [7, 11) is 0. The highest BCUT2D eigenvalue weighted by molar-refractivity contribution is 6.06. The van der Waals surface area contributed by atoms with Crippen molar-refractivity contribution < 1.29 is 14.1 Å². The standard InChI is InChI=1S/C20H27N3O3/c1-12-5-3-4-6-17(12)25-10-9-21-19(24)15-11-16(14-7-8-14)22-20-18(15)13(2)23-26-20/h11-12,14,17H,3-10H2,1-2H3,(H,21,24)/t12-,17-/m0/s1. The van der Waals surface area contributed by atoms with Crippen LogP contribution < -0.4 is 5.32 Å². The summed E-state index contributed by atoms with van der Waals surface area (Å²) in [5.41, 5.74) is 2.71. The van der Waals surface area contributed by atoms with Crippen LogP contribution in [0.25, 0.3) is 11.1 Å². The van der Waals surface area contributed by atoms with Crippen LogP contribution in [0.2, 0.25) is 0 Å². The zero-order chi connectivity index (χ0) is 18.1. The Bertz CT molecular complexity index is 797. The fourth-order valence-corrected chi connectivity index (χ4v) is 3.88. The molecule has 140 valence electrons. The van der Waals surface area contributed by atoms with E-state index in [9.17, 15) is 4.79 Å². The molecule has 2 saturated carbocycles. The monoisotopic (exact) mass is 357 g/mol. The van der Waals surface area contributed by atoms with Crippen LogP contribution >= 0.6 is 0 Å². The molecule has 0 saturated heterocycles. The van der Waals surface area contributed by atoms with Crippen molar-refractivity contribution in [1.29, 1.82) is 0 Å². The third-order valence-corrected chi connectivity index (χ3v) is 5.63. The molecule has 6 nitrogen and oxygen atoms in total. The van der Waals surface area contributed by atoms with Gasteiger partial charge >= 0.3 is 0 Å². The molecule has 0 aromatic carbocycles. The second kappa shape index (κ2) is 7.35. The Hall–Kier alpha value is -1.95. The quantitative estimate of drug-likeness (QED) is 0.797. The molecule has 0 bridgehead atoms. The van der Waals surface area contributed by atoms with E-state index in [-0.39, 0.29) is 5.91 Å². The number of carbonyl (C=O) groups excluding carboxylic acids is 1. The fourth-order valence-electron chi connectivity index (χ4n) is 3.88. The second-order valence-corrected chi connectivity index (χ2v) is 7.74.